The van der Waals surface area contributed by atoms with Gasteiger partial charge in [0.05, 0.1) is 22.5 Å². The van der Waals surface area contributed by atoms with Gasteiger partial charge in [-0.15, -0.1) is 0 Å². The smallest absolute Gasteiger partial charge is 0.220 e. The van der Waals surface area contributed by atoms with E-state index in [1.54, 1.807) is 6.20 Å². The van der Waals surface area contributed by atoms with Crippen LogP contribution in [0.5, 0.6) is 0 Å². The summed E-state index contributed by atoms with van der Waals surface area (Å²) in [5.41, 5.74) is 4.41. The summed E-state index contributed by atoms with van der Waals surface area (Å²) in [6.07, 6.45) is 4.44. The van der Waals surface area contributed by atoms with Crippen molar-refractivity contribution in [2.24, 2.45) is 0 Å². The molecule has 1 aliphatic heterocycles. The lowest BCUT2D eigenvalue weighted by Crippen LogP contribution is -2.43. The van der Waals surface area contributed by atoms with Crippen LogP contribution < -0.4 is 10.6 Å². The molecule has 4 rings (SSSR count). The first-order chi connectivity index (χ1) is 17.5. The Kier molecular flexibility index (Phi) is 9.39. The molecule has 3 heterocycles. The number of nitrogens with zero attached hydrogens (tertiary/aromatic N) is 4. The summed E-state index contributed by atoms with van der Waals surface area (Å²) < 4.78 is 0. The molecule has 0 aliphatic carbocycles. The van der Waals surface area contributed by atoms with Crippen LogP contribution in [-0.2, 0) is 11.2 Å². The van der Waals surface area contributed by atoms with E-state index in [9.17, 15) is 4.79 Å². The van der Waals surface area contributed by atoms with Crippen molar-refractivity contribution in [3.8, 4) is 11.5 Å². The summed E-state index contributed by atoms with van der Waals surface area (Å²) >= 11 is 6.62. The van der Waals surface area contributed by atoms with Gasteiger partial charge in [0.1, 0.15) is 5.69 Å². The average molecular weight is 507 g/mol. The maximum absolute atomic E-state index is 12.9. The SMILES string of the molecule is Cc1ccnc(-c2nc(C)c(Cl)c(CC[C@H](NC(=O)CCCN3CCNCC3)c3ccccc3)n2)c1. The topological polar surface area (TPSA) is 83.0 Å². The average Bonchev–Trinajstić information content (AvgIpc) is 2.89. The zero-order valence-electron chi connectivity index (χ0n) is 21.1. The van der Waals surface area contributed by atoms with E-state index >= 15 is 0 Å². The Balaban J connectivity index is 1.43. The van der Waals surface area contributed by atoms with Gasteiger partial charge in [0, 0.05) is 38.8 Å². The van der Waals surface area contributed by atoms with Crippen LogP contribution in [0.4, 0.5) is 0 Å². The van der Waals surface area contributed by atoms with Crippen molar-refractivity contribution < 1.29 is 4.79 Å². The number of carbonyl (C=O) groups excluding carboxylic acids is 1. The Morgan fingerprint density at radius 3 is 2.67 bits per heavy atom. The van der Waals surface area contributed by atoms with Gasteiger partial charge in [-0.3, -0.25) is 9.78 Å². The Bertz CT molecular complexity index is 1150. The van der Waals surface area contributed by atoms with Crippen LogP contribution in [0, 0.1) is 13.8 Å². The Hall–Kier alpha value is -2.87. The Morgan fingerprint density at radius 1 is 1.14 bits per heavy atom. The molecule has 0 bridgehead atoms. The number of hydrogen-bond acceptors (Lipinski definition) is 6. The molecule has 1 amide bonds. The number of halogens is 1. The molecule has 2 N–H and O–H groups in total. The van der Waals surface area contributed by atoms with Gasteiger partial charge < -0.3 is 15.5 Å². The van der Waals surface area contributed by atoms with E-state index in [0.717, 1.165) is 67.4 Å². The molecule has 8 heteroatoms. The van der Waals surface area contributed by atoms with Crippen molar-refractivity contribution in [3.63, 3.8) is 0 Å². The summed E-state index contributed by atoms with van der Waals surface area (Å²) in [5, 5.41) is 7.20. The minimum absolute atomic E-state index is 0.0774. The number of amides is 1. The minimum atomic E-state index is -0.121. The molecule has 1 aromatic carbocycles. The van der Waals surface area contributed by atoms with Gasteiger partial charge in [0.15, 0.2) is 5.82 Å². The highest BCUT2D eigenvalue weighted by atomic mass is 35.5. The second-order valence-electron chi connectivity index (χ2n) is 9.38. The van der Waals surface area contributed by atoms with E-state index < -0.39 is 0 Å². The molecular formula is C28H35ClN6O. The lowest BCUT2D eigenvalue weighted by molar-refractivity contribution is -0.122. The highest BCUT2D eigenvalue weighted by Gasteiger charge is 2.18. The fourth-order valence-corrected chi connectivity index (χ4v) is 4.69. The van der Waals surface area contributed by atoms with Crippen molar-refractivity contribution >= 4 is 17.5 Å². The zero-order valence-corrected chi connectivity index (χ0v) is 21.9. The fraction of sp³-hybridized carbons (Fsp3) is 0.429. The molecule has 3 aromatic rings. The van der Waals surface area contributed by atoms with Crippen LogP contribution in [-0.4, -0.2) is 58.5 Å². The third-order valence-electron chi connectivity index (χ3n) is 6.52. The van der Waals surface area contributed by atoms with Gasteiger partial charge in [-0.05, 0) is 62.9 Å². The molecule has 1 saturated heterocycles. The Labute approximate surface area is 218 Å². The minimum Gasteiger partial charge on any atom is -0.349 e. The van der Waals surface area contributed by atoms with Crippen LogP contribution in [0.1, 0.15) is 47.8 Å². The zero-order chi connectivity index (χ0) is 25.3. The predicted octanol–water partition coefficient (Wildman–Crippen LogP) is 4.28. The molecule has 1 fully saturated rings. The summed E-state index contributed by atoms with van der Waals surface area (Å²) in [5.74, 6) is 0.650. The number of rotatable bonds is 10. The standard InChI is InChI=1S/C28H35ClN6O/c1-20-12-13-31-25(19-20)28-32-21(2)27(29)24(34-28)11-10-23(22-7-4-3-5-8-22)33-26(36)9-6-16-35-17-14-30-15-18-35/h3-5,7-8,12-13,19,23,30H,6,9-11,14-18H2,1-2H3,(H,33,36)/t23-/m0/s1. The third kappa shape index (κ3) is 7.32. The lowest BCUT2D eigenvalue weighted by atomic mass is 10.00. The highest BCUT2D eigenvalue weighted by molar-refractivity contribution is 6.31. The largest absolute Gasteiger partial charge is 0.349 e. The number of carbonyl (C=O) groups is 1. The van der Waals surface area contributed by atoms with Gasteiger partial charge in [-0.1, -0.05) is 41.9 Å². The lowest BCUT2D eigenvalue weighted by Gasteiger charge is -2.27. The van der Waals surface area contributed by atoms with Crippen LogP contribution >= 0.6 is 11.6 Å². The van der Waals surface area contributed by atoms with Gasteiger partial charge in [0.25, 0.3) is 0 Å². The number of pyridine rings is 1. The number of benzene rings is 1. The summed E-state index contributed by atoms with van der Waals surface area (Å²) in [6.45, 7) is 9.01. The van der Waals surface area contributed by atoms with Gasteiger partial charge in [0.2, 0.25) is 5.91 Å². The van der Waals surface area contributed by atoms with Crippen LogP contribution in [0.15, 0.2) is 48.7 Å². The fourth-order valence-electron chi connectivity index (χ4n) is 4.51. The van der Waals surface area contributed by atoms with E-state index in [1.165, 1.54) is 0 Å². The molecule has 36 heavy (non-hydrogen) atoms. The number of hydrogen-bond donors (Lipinski definition) is 2. The van der Waals surface area contributed by atoms with E-state index in [-0.39, 0.29) is 11.9 Å². The second kappa shape index (κ2) is 12.9. The van der Waals surface area contributed by atoms with E-state index in [1.807, 2.05) is 44.2 Å². The van der Waals surface area contributed by atoms with Gasteiger partial charge >= 0.3 is 0 Å². The number of aryl methyl sites for hydroxylation is 3. The molecule has 1 aliphatic rings. The van der Waals surface area contributed by atoms with E-state index in [0.29, 0.717) is 30.1 Å². The van der Waals surface area contributed by atoms with Crippen LogP contribution in [0.3, 0.4) is 0 Å². The first-order valence-corrected chi connectivity index (χ1v) is 13.1. The summed E-state index contributed by atoms with van der Waals surface area (Å²) in [4.78, 5) is 29.0. The Morgan fingerprint density at radius 2 is 1.92 bits per heavy atom. The maximum Gasteiger partial charge on any atom is 0.220 e. The first-order valence-electron chi connectivity index (χ1n) is 12.7. The normalized spacial score (nSPS) is 15.0. The molecule has 190 valence electrons. The number of nitrogens with one attached hydrogen (secondary N) is 2. The second-order valence-corrected chi connectivity index (χ2v) is 9.75. The van der Waals surface area contributed by atoms with E-state index in [2.05, 4.69) is 37.6 Å². The highest BCUT2D eigenvalue weighted by Crippen LogP contribution is 2.26. The molecule has 0 saturated carbocycles. The van der Waals surface area contributed by atoms with Crippen molar-refractivity contribution in [1.82, 2.24) is 30.5 Å². The predicted molar refractivity (Wildman–Crippen MR) is 144 cm³/mol. The molecule has 7 nitrogen and oxygen atoms in total. The molecule has 0 unspecified atom stereocenters. The van der Waals surface area contributed by atoms with Crippen molar-refractivity contribution in [3.05, 3.63) is 76.2 Å². The monoisotopic (exact) mass is 506 g/mol. The quantitative estimate of drug-likeness (QED) is 0.427. The van der Waals surface area contributed by atoms with Gasteiger partial charge in [-0.2, -0.15) is 0 Å². The summed E-state index contributed by atoms with van der Waals surface area (Å²) in [6, 6.07) is 13.9. The van der Waals surface area contributed by atoms with E-state index in [4.69, 9.17) is 16.6 Å². The van der Waals surface area contributed by atoms with Crippen molar-refractivity contribution in [2.75, 3.05) is 32.7 Å². The maximum atomic E-state index is 12.9. The molecule has 0 radical (unpaired) electrons. The molecule has 1 atom stereocenters. The molecule has 2 aromatic heterocycles. The number of aromatic nitrogens is 3. The molecular weight excluding hydrogens is 472 g/mol. The van der Waals surface area contributed by atoms with Crippen LogP contribution in [0.2, 0.25) is 5.02 Å². The summed E-state index contributed by atoms with van der Waals surface area (Å²) in [7, 11) is 0. The van der Waals surface area contributed by atoms with Gasteiger partial charge in [-0.25, -0.2) is 9.97 Å². The molecule has 0 spiro atoms. The first kappa shape index (κ1) is 26.2. The number of piperazine rings is 1. The van der Waals surface area contributed by atoms with Crippen molar-refractivity contribution in [2.45, 2.75) is 45.6 Å². The third-order valence-corrected chi connectivity index (χ3v) is 7.02. The van der Waals surface area contributed by atoms with Crippen LogP contribution in [0.25, 0.3) is 11.5 Å². The van der Waals surface area contributed by atoms with Crippen molar-refractivity contribution in [1.29, 1.82) is 0 Å².